The molecular weight excluding hydrogens is 230 g/mol. The summed E-state index contributed by atoms with van der Waals surface area (Å²) >= 11 is 0. The van der Waals surface area contributed by atoms with Crippen LogP contribution in [0.5, 0.6) is 0 Å². The van der Waals surface area contributed by atoms with Crippen molar-refractivity contribution in [3.05, 3.63) is 0 Å². The van der Waals surface area contributed by atoms with E-state index in [1.807, 2.05) is 0 Å². The van der Waals surface area contributed by atoms with Crippen LogP contribution in [0.1, 0.15) is 64.2 Å². The summed E-state index contributed by atoms with van der Waals surface area (Å²) in [6.07, 6.45) is 10.9. The van der Waals surface area contributed by atoms with Crippen molar-refractivity contribution in [3.8, 4) is 0 Å². The second kappa shape index (κ2) is 14.5. The van der Waals surface area contributed by atoms with E-state index in [4.69, 9.17) is 10.2 Å². The number of aliphatic hydroxyl groups is 1. The highest BCUT2D eigenvalue weighted by Crippen LogP contribution is 2.10. The molecule has 18 heavy (non-hydrogen) atoms. The molecule has 0 fully saturated rings. The highest BCUT2D eigenvalue weighted by atomic mass is 16.4. The topological polar surface area (TPSA) is 69.6 Å². The number of rotatable bonds is 14. The van der Waals surface area contributed by atoms with Gasteiger partial charge in [-0.25, -0.2) is 0 Å². The largest absolute Gasteiger partial charge is 0.481 e. The first-order chi connectivity index (χ1) is 8.77. The molecule has 0 aliphatic carbocycles. The van der Waals surface area contributed by atoms with E-state index in [1.165, 1.54) is 44.9 Å². The minimum absolute atomic E-state index is 0.224. The number of hydrogen-bond donors (Lipinski definition) is 3. The predicted octanol–water partition coefficient (Wildman–Crippen LogP) is 2.55. The molecule has 0 aliphatic heterocycles. The van der Waals surface area contributed by atoms with Crippen LogP contribution < -0.4 is 5.32 Å². The molecule has 4 nitrogen and oxygen atoms in total. The number of hydrogen-bond acceptors (Lipinski definition) is 3. The fourth-order valence-electron chi connectivity index (χ4n) is 1.97. The van der Waals surface area contributed by atoms with E-state index in [9.17, 15) is 4.79 Å². The molecule has 108 valence electrons. The van der Waals surface area contributed by atoms with E-state index in [2.05, 4.69) is 5.32 Å². The lowest BCUT2D eigenvalue weighted by Gasteiger charge is -2.03. The Hall–Kier alpha value is -0.610. The van der Waals surface area contributed by atoms with Crippen molar-refractivity contribution in [2.45, 2.75) is 64.2 Å². The molecule has 3 N–H and O–H groups in total. The maximum Gasteiger partial charge on any atom is 0.303 e. The van der Waals surface area contributed by atoms with Gasteiger partial charge in [0.15, 0.2) is 0 Å². The Labute approximate surface area is 111 Å². The molecule has 0 saturated carbocycles. The highest BCUT2D eigenvalue weighted by Gasteiger charge is 1.96. The third-order valence-electron chi connectivity index (χ3n) is 3.03. The van der Waals surface area contributed by atoms with Gasteiger partial charge in [-0.1, -0.05) is 44.9 Å². The second-order valence-electron chi connectivity index (χ2n) is 4.80. The number of carboxylic acids is 1. The predicted molar refractivity (Wildman–Crippen MR) is 73.8 cm³/mol. The zero-order chi connectivity index (χ0) is 13.5. The average molecular weight is 259 g/mol. The molecule has 0 rings (SSSR count). The van der Waals surface area contributed by atoms with E-state index < -0.39 is 5.97 Å². The summed E-state index contributed by atoms with van der Waals surface area (Å²) in [7, 11) is 0. The van der Waals surface area contributed by atoms with Crippen molar-refractivity contribution in [3.63, 3.8) is 0 Å². The molecule has 0 aliphatic rings. The van der Waals surface area contributed by atoms with E-state index in [0.29, 0.717) is 13.0 Å². The minimum atomic E-state index is -0.676. The van der Waals surface area contributed by atoms with Crippen molar-refractivity contribution < 1.29 is 15.0 Å². The maximum absolute atomic E-state index is 10.3. The van der Waals surface area contributed by atoms with Gasteiger partial charge >= 0.3 is 5.97 Å². The van der Waals surface area contributed by atoms with Crippen LogP contribution in [0.25, 0.3) is 0 Å². The fourth-order valence-corrected chi connectivity index (χ4v) is 1.97. The van der Waals surface area contributed by atoms with Crippen LogP contribution in [0.3, 0.4) is 0 Å². The standard InChI is InChI=1S/C14H29NO3/c16-13-12-15-11-9-7-5-3-1-2-4-6-8-10-14(17)18/h15-16H,1-13H2,(H,17,18). The normalized spacial score (nSPS) is 10.7. The van der Waals surface area contributed by atoms with Gasteiger partial charge in [0.05, 0.1) is 6.61 Å². The van der Waals surface area contributed by atoms with Gasteiger partial charge in [-0.3, -0.25) is 4.79 Å². The number of unbranched alkanes of at least 4 members (excludes halogenated alkanes) is 8. The van der Waals surface area contributed by atoms with Crippen LogP contribution in [-0.4, -0.2) is 35.9 Å². The van der Waals surface area contributed by atoms with Crippen molar-refractivity contribution >= 4 is 5.97 Å². The lowest BCUT2D eigenvalue weighted by Crippen LogP contribution is -2.19. The van der Waals surface area contributed by atoms with E-state index in [-0.39, 0.29) is 6.61 Å². The molecular formula is C14H29NO3. The third-order valence-corrected chi connectivity index (χ3v) is 3.03. The minimum Gasteiger partial charge on any atom is -0.481 e. The third kappa shape index (κ3) is 15.4. The Morgan fingerprint density at radius 2 is 1.28 bits per heavy atom. The number of aliphatic hydroxyl groups excluding tert-OH is 1. The molecule has 0 aromatic rings. The molecule has 0 unspecified atom stereocenters. The summed E-state index contributed by atoms with van der Waals surface area (Å²) in [5.74, 6) is -0.676. The van der Waals surface area contributed by atoms with Crippen LogP contribution in [0.2, 0.25) is 0 Å². The van der Waals surface area contributed by atoms with E-state index >= 15 is 0 Å². The highest BCUT2D eigenvalue weighted by molar-refractivity contribution is 5.66. The van der Waals surface area contributed by atoms with Crippen LogP contribution in [0, 0.1) is 0 Å². The SMILES string of the molecule is O=C(O)CCCCCCCCCCCNCCO. The molecule has 4 heteroatoms. The first-order valence-electron chi connectivity index (χ1n) is 7.30. The zero-order valence-corrected chi connectivity index (χ0v) is 11.5. The fraction of sp³-hybridized carbons (Fsp3) is 0.929. The van der Waals surface area contributed by atoms with Crippen LogP contribution in [0.15, 0.2) is 0 Å². The van der Waals surface area contributed by atoms with Gasteiger partial charge < -0.3 is 15.5 Å². The summed E-state index contributed by atoms with van der Waals surface area (Å²) in [4.78, 5) is 10.3. The molecule has 0 saturated heterocycles. The number of carbonyl (C=O) groups is 1. The molecule has 0 bridgehead atoms. The summed E-state index contributed by atoms with van der Waals surface area (Å²) in [6, 6.07) is 0. The van der Waals surface area contributed by atoms with Gasteiger partial charge in [0.1, 0.15) is 0 Å². The number of aliphatic carboxylic acids is 1. The van der Waals surface area contributed by atoms with E-state index in [1.54, 1.807) is 0 Å². The lowest BCUT2D eigenvalue weighted by molar-refractivity contribution is -0.137. The van der Waals surface area contributed by atoms with Crippen LogP contribution in [-0.2, 0) is 4.79 Å². The Kier molecular flexibility index (Phi) is 14.0. The van der Waals surface area contributed by atoms with Gasteiger partial charge in [0, 0.05) is 13.0 Å². The lowest BCUT2D eigenvalue weighted by atomic mass is 10.1. The summed E-state index contributed by atoms with van der Waals surface area (Å²) in [5, 5.41) is 20.2. The van der Waals surface area contributed by atoms with E-state index in [0.717, 1.165) is 19.4 Å². The smallest absolute Gasteiger partial charge is 0.303 e. The Morgan fingerprint density at radius 1 is 0.778 bits per heavy atom. The van der Waals surface area contributed by atoms with Crippen molar-refractivity contribution in [1.29, 1.82) is 0 Å². The Morgan fingerprint density at radius 3 is 1.78 bits per heavy atom. The Balaban J connectivity index is 2.92. The van der Waals surface area contributed by atoms with Crippen molar-refractivity contribution in [2.24, 2.45) is 0 Å². The summed E-state index contributed by atoms with van der Waals surface area (Å²) in [6.45, 7) is 1.94. The molecule has 0 atom stereocenters. The Bertz CT molecular complexity index is 186. The molecule has 0 aromatic heterocycles. The van der Waals surface area contributed by atoms with Crippen molar-refractivity contribution in [1.82, 2.24) is 5.32 Å². The molecule has 0 spiro atoms. The van der Waals surface area contributed by atoms with Gasteiger partial charge in [-0.15, -0.1) is 0 Å². The molecule has 0 aromatic carbocycles. The zero-order valence-electron chi connectivity index (χ0n) is 11.5. The molecule has 0 amide bonds. The first kappa shape index (κ1) is 17.4. The first-order valence-corrected chi connectivity index (χ1v) is 7.30. The van der Waals surface area contributed by atoms with Gasteiger partial charge in [-0.2, -0.15) is 0 Å². The molecule has 0 radical (unpaired) electrons. The van der Waals surface area contributed by atoms with Crippen LogP contribution in [0.4, 0.5) is 0 Å². The quantitative estimate of drug-likeness (QED) is 0.419. The van der Waals surface area contributed by atoms with Gasteiger partial charge in [0.25, 0.3) is 0 Å². The number of carboxylic acid groups (broad SMARTS) is 1. The average Bonchev–Trinajstić information content (AvgIpc) is 2.34. The molecule has 0 heterocycles. The number of nitrogens with one attached hydrogen (secondary N) is 1. The van der Waals surface area contributed by atoms with Crippen molar-refractivity contribution in [2.75, 3.05) is 19.7 Å². The van der Waals surface area contributed by atoms with Gasteiger partial charge in [0.2, 0.25) is 0 Å². The van der Waals surface area contributed by atoms with Gasteiger partial charge in [-0.05, 0) is 19.4 Å². The monoisotopic (exact) mass is 259 g/mol. The summed E-state index contributed by atoms with van der Waals surface area (Å²) in [5.41, 5.74) is 0. The van der Waals surface area contributed by atoms with Crippen LogP contribution >= 0.6 is 0 Å². The maximum atomic E-state index is 10.3. The summed E-state index contributed by atoms with van der Waals surface area (Å²) < 4.78 is 0. The second-order valence-corrected chi connectivity index (χ2v) is 4.80.